The molecule has 0 aliphatic rings. The molecule has 2 rings (SSSR count). The van der Waals surface area contributed by atoms with E-state index < -0.39 is 48.4 Å². The van der Waals surface area contributed by atoms with Gasteiger partial charge in [0, 0.05) is 6.07 Å². The highest BCUT2D eigenvalue weighted by Crippen LogP contribution is 2.14. The van der Waals surface area contributed by atoms with E-state index in [1.54, 1.807) is 0 Å². The summed E-state index contributed by atoms with van der Waals surface area (Å²) < 4.78 is 44.1. The van der Waals surface area contributed by atoms with E-state index in [0.717, 1.165) is 18.2 Å². The first-order valence-corrected chi connectivity index (χ1v) is 7.30. The van der Waals surface area contributed by atoms with Crippen molar-refractivity contribution in [3.63, 3.8) is 0 Å². The zero-order valence-corrected chi connectivity index (χ0v) is 13.2. The van der Waals surface area contributed by atoms with Crippen LogP contribution in [0.1, 0.15) is 10.4 Å². The number of amides is 2. The molecule has 0 saturated heterocycles. The smallest absolute Gasteiger partial charge is 0.325 e. The van der Waals surface area contributed by atoms with Gasteiger partial charge in [-0.05, 0) is 24.3 Å². The molecule has 9 heteroatoms. The van der Waals surface area contributed by atoms with Gasteiger partial charge in [-0.1, -0.05) is 12.1 Å². The van der Waals surface area contributed by atoms with E-state index in [9.17, 15) is 27.6 Å². The van der Waals surface area contributed by atoms with Crippen LogP contribution in [0.5, 0.6) is 0 Å². The second-order valence-corrected chi connectivity index (χ2v) is 5.00. The Bertz CT molecular complexity index is 843. The quantitative estimate of drug-likeness (QED) is 0.766. The minimum atomic E-state index is -0.984. The highest BCUT2D eigenvalue weighted by atomic mass is 19.1. The number of carbonyl (C=O) groups excluding carboxylic acids is 3. The Morgan fingerprint density at radius 1 is 0.962 bits per heavy atom. The fourth-order valence-corrected chi connectivity index (χ4v) is 1.87. The molecule has 2 aromatic rings. The minimum Gasteiger partial charge on any atom is -0.454 e. The summed E-state index contributed by atoms with van der Waals surface area (Å²) in [5, 5.41) is 4.24. The summed E-state index contributed by atoms with van der Waals surface area (Å²) in [5.41, 5.74) is -0.523. The molecule has 0 aliphatic heterocycles. The molecule has 2 N–H and O–H groups in total. The van der Waals surface area contributed by atoms with Crippen LogP contribution in [0.2, 0.25) is 0 Å². The molecule has 0 radical (unpaired) electrons. The Morgan fingerprint density at radius 2 is 1.69 bits per heavy atom. The van der Waals surface area contributed by atoms with Gasteiger partial charge < -0.3 is 15.4 Å². The molecule has 0 atom stereocenters. The summed E-state index contributed by atoms with van der Waals surface area (Å²) in [6.07, 6.45) is 0. The summed E-state index contributed by atoms with van der Waals surface area (Å²) in [7, 11) is 0. The Morgan fingerprint density at radius 3 is 2.38 bits per heavy atom. The average Bonchev–Trinajstić information content (AvgIpc) is 2.60. The van der Waals surface area contributed by atoms with Crippen molar-refractivity contribution < 1.29 is 32.3 Å². The number of anilines is 1. The molecule has 0 saturated carbocycles. The average molecular weight is 366 g/mol. The van der Waals surface area contributed by atoms with Crippen LogP contribution >= 0.6 is 0 Å². The van der Waals surface area contributed by atoms with Crippen LogP contribution in [0.3, 0.4) is 0 Å². The van der Waals surface area contributed by atoms with Gasteiger partial charge in [0.2, 0.25) is 0 Å². The molecule has 0 unspecified atom stereocenters. The number of hydrogen-bond acceptors (Lipinski definition) is 4. The van der Waals surface area contributed by atoms with Crippen molar-refractivity contribution in [1.29, 1.82) is 0 Å². The Hall–Kier alpha value is -3.36. The second kappa shape index (κ2) is 8.65. The van der Waals surface area contributed by atoms with Gasteiger partial charge in [0.05, 0.1) is 11.3 Å². The summed E-state index contributed by atoms with van der Waals surface area (Å²) >= 11 is 0. The van der Waals surface area contributed by atoms with Crippen molar-refractivity contribution >= 4 is 23.5 Å². The molecule has 26 heavy (non-hydrogen) atoms. The Balaban J connectivity index is 1.77. The third-order valence-corrected chi connectivity index (χ3v) is 3.08. The Kier molecular flexibility index (Phi) is 6.31. The predicted octanol–water partition coefficient (Wildman–Crippen LogP) is 2.02. The summed E-state index contributed by atoms with van der Waals surface area (Å²) in [6.45, 7) is -1.34. The summed E-state index contributed by atoms with van der Waals surface area (Å²) in [5.74, 6) is -5.18. The predicted molar refractivity (Wildman–Crippen MR) is 84.7 cm³/mol. The number of carbonyl (C=O) groups is 3. The lowest BCUT2D eigenvalue weighted by molar-refractivity contribution is -0.146. The number of rotatable bonds is 6. The molecule has 136 valence electrons. The first-order valence-electron chi connectivity index (χ1n) is 7.30. The molecule has 0 spiro atoms. The van der Waals surface area contributed by atoms with E-state index in [1.807, 2.05) is 0 Å². The van der Waals surface area contributed by atoms with Crippen LogP contribution in [0, 0.1) is 17.5 Å². The standard InChI is InChI=1S/C17H13F3N2O4/c18-10-5-6-14(13(20)7-10)22-15(23)9-26-16(24)8-21-17(25)11-3-1-2-4-12(11)19/h1-7H,8-9H2,(H,21,25)(H,22,23). The number of esters is 1. The van der Waals surface area contributed by atoms with Gasteiger partial charge in [-0.3, -0.25) is 14.4 Å². The molecule has 2 aromatic carbocycles. The molecule has 0 bridgehead atoms. The van der Waals surface area contributed by atoms with Gasteiger partial charge in [0.1, 0.15) is 24.0 Å². The van der Waals surface area contributed by atoms with Crippen LogP contribution in [-0.4, -0.2) is 30.9 Å². The van der Waals surface area contributed by atoms with E-state index in [2.05, 4.69) is 15.4 Å². The lowest BCUT2D eigenvalue weighted by Crippen LogP contribution is -2.32. The van der Waals surface area contributed by atoms with E-state index in [0.29, 0.717) is 6.07 Å². The minimum absolute atomic E-state index is 0.246. The number of hydrogen-bond donors (Lipinski definition) is 2. The fourth-order valence-electron chi connectivity index (χ4n) is 1.87. The highest BCUT2D eigenvalue weighted by Gasteiger charge is 2.14. The van der Waals surface area contributed by atoms with Crippen LogP contribution in [0.15, 0.2) is 42.5 Å². The lowest BCUT2D eigenvalue weighted by atomic mass is 10.2. The van der Waals surface area contributed by atoms with Gasteiger partial charge >= 0.3 is 5.97 Å². The number of benzene rings is 2. The topological polar surface area (TPSA) is 84.5 Å². The zero-order valence-electron chi connectivity index (χ0n) is 13.2. The van der Waals surface area contributed by atoms with Crippen molar-refractivity contribution in [2.45, 2.75) is 0 Å². The van der Waals surface area contributed by atoms with Crippen molar-refractivity contribution in [3.05, 3.63) is 65.5 Å². The SMILES string of the molecule is O=C(COC(=O)CNC(=O)c1ccccc1F)Nc1ccc(F)cc1F. The molecule has 6 nitrogen and oxygen atoms in total. The highest BCUT2D eigenvalue weighted by molar-refractivity contribution is 5.96. The van der Waals surface area contributed by atoms with Crippen molar-refractivity contribution in [1.82, 2.24) is 5.32 Å². The van der Waals surface area contributed by atoms with E-state index >= 15 is 0 Å². The van der Waals surface area contributed by atoms with Crippen LogP contribution in [-0.2, 0) is 14.3 Å². The van der Waals surface area contributed by atoms with Crippen molar-refractivity contribution in [2.24, 2.45) is 0 Å². The summed E-state index contributed by atoms with van der Waals surface area (Å²) in [4.78, 5) is 34.8. The number of ether oxygens (including phenoxy) is 1. The zero-order chi connectivity index (χ0) is 19.1. The van der Waals surface area contributed by atoms with Crippen LogP contribution in [0.25, 0.3) is 0 Å². The lowest BCUT2D eigenvalue weighted by Gasteiger charge is -2.08. The van der Waals surface area contributed by atoms with Gasteiger partial charge in [-0.25, -0.2) is 13.2 Å². The normalized spacial score (nSPS) is 10.1. The van der Waals surface area contributed by atoms with E-state index in [1.165, 1.54) is 18.2 Å². The maximum Gasteiger partial charge on any atom is 0.325 e. The molecular formula is C17H13F3N2O4. The van der Waals surface area contributed by atoms with Crippen LogP contribution < -0.4 is 10.6 Å². The molecular weight excluding hydrogens is 353 g/mol. The van der Waals surface area contributed by atoms with Crippen LogP contribution in [0.4, 0.5) is 18.9 Å². The second-order valence-electron chi connectivity index (χ2n) is 5.00. The van der Waals surface area contributed by atoms with Gasteiger partial charge in [0.15, 0.2) is 6.61 Å². The van der Waals surface area contributed by atoms with Gasteiger partial charge in [0.25, 0.3) is 11.8 Å². The molecule has 0 aliphatic carbocycles. The van der Waals surface area contributed by atoms with Crippen molar-refractivity contribution in [3.8, 4) is 0 Å². The van der Waals surface area contributed by atoms with Gasteiger partial charge in [-0.2, -0.15) is 0 Å². The largest absolute Gasteiger partial charge is 0.454 e. The maximum absolute atomic E-state index is 13.4. The van der Waals surface area contributed by atoms with E-state index in [-0.39, 0.29) is 11.3 Å². The Labute approximate surface area is 146 Å². The van der Waals surface area contributed by atoms with Crippen molar-refractivity contribution in [2.75, 3.05) is 18.5 Å². The monoisotopic (exact) mass is 366 g/mol. The molecule has 2 amide bonds. The fraction of sp³-hybridized carbons (Fsp3) is 0.118. The molecule has 0 heterocycles. The third kappa shape index (κ3) is 5.33. The van der Waals surface area contributed by atoms with Gasteiger partial charge in [-0.15, -0.1) is 0 Å². The number of nitrogens with one attached hydrogen (secondary N) is 2. The first-order chi connectivity index (χ1) is 12.4. The van der Waals surface area contributed by atoms with E-state index in [4.69, 9.17) is 0 Å². The third-order valence-electron chi connectivity index (χ3n) is 3.08. The molecule has 0 fully saturated rings. The molecule has 0 aromatic heterocycles. The first kappa shape index (κ1) is 19.0. The maximum atomic E-state index is 13.4. The number of halogens is 3. The summed E-state index contributed by atoms with van der Waals surface area (Å²) in [6, 6.07) is 7.73.